The van der Waals surface area contributed by atoms with Crippen LogP contribution in [0.1, 0.15) is 46.4 Å². The number of nitrogens with two attached hydrogens (primary N) is 1. The molecular formula is C25H30B3N5O5S. The number of nitrogens with zero attached hydrogens (tertiary/aromatic N) is 3. The number of rotatable bonds is 8. The Balaban J connectivity index is 1.24. The second kappa shape index (κ2) is 9.58. The van der Waals surface area contributed by atoms with Crippen molar-refractivity contribution in [3.05, 3.63) is 60.0 Å². The van der Waals surface area contributed by atoms with E-state index in [9.17, 15) is 18.0 Å². The van der Waals surface area contributed by atoms with Crippen LogP contribution in [0.4, 0.5) is 0 Å². The van der Waals surface area contributed by atoms with Crippen molar-refractivity contribution in [2.75, 3.05) is 6.26 Å². The lowest BCUT2D eigenvalue weighted by Crippen LogP contribution is -2.58. The number of sulfone groups is 1. The summed E-state index contributed by atoms with van der Waals surface area (Å²) in [5.41, 5.74) is 7.41. The number of benzene rings is 1. The predicted octanol–water partition coefficient (Wildman–Crippen LogP) is -0.965. The Morgan fingerprint density at radius 1 is 1.15 bits per heavy atom. The van der Waals surface area contributed by atoms with E-state index >= 15 is 0 Å². The lowest BCUT2D eigenvalue weighted by molar-refractivity contribution is -0.0848. The van der Waals surface area contributed by atoms with Crippen molar-refractivity contribution >= 4 is 45.2 Å². The maximum atomic E-state index is 13.2. The fourth-order valence-corrected chi connectivity index (χ4v) is 6.14. The SMILES string of the molecule is BC(B)(B)n1cc(-c2cc(C(=O)N[C@H]3CC4(C3)C[C@H](Oc3ncccc3C(N)=O)C4)cc(S(C)(=O)=O)c2)cn1. The molecule has 2 amide bonds. The van der Waals surface area contributed by atoms with Crippen LogP contribution in [-0.4, -0.2) is 76.9 Å². The Morgan fingerprint density at radius 2 is 1.87 bits per heavy atom. The number of pyridine rings is 1. The number of ether oxygens (including phenoxy) is 1. The second-order valence-electron chi connectivity index (χ2n) is 11.8. The summed E-state index contributed by atoms with van der Waals surface area (Å²) in [6.07, 6.45) is 9.39. The van der Waals surface area contributed by atoms with Crippen molar-refractivity contribution < 1.29 is 22.7 Å². The molecule has 5 rings (SSSR count). The number of carbonyl (C=O) groups is 2. The van der Waals surface area contributed by atoms with Gasteiger partial charge in [-0.2, -0.15) is 5.10 Å². The fourth-order valence-electron chi connectivity index (χ4n) is 5.46. The van der Waals surface area contributed by atoms with E-state index in [-0.39, 0.29) is 45.0 Å². The number of carbonyl (C=O) groups excluding carboxylic acids is 2. The average molecular weight is 545 g/mol. The molecule has 2 heterocycles. The van der Waals surface area contributed by atoms with E-state index in [1.165, 1.54) is 6.07 Å². The Morgan fingerprint density at radius 3 is 2.49 bits per heavy atom. The molecule has 3 N–H and O–H groups in total. The van der Waals surface area contributed by atoms with Crippen LogP contribution in [0, 0.1) is 5.41 Å². The maximum Gasteiger partial charge on any atom is 0.254 e. The summed E-state index contributed by atoms with van der Waals surface area (Å²) in [7, 11) is 2.53. The highest BCUT2D eigenvalue weighted by molar-refractivity contribution is 7.90. The molecule has 2 aromatic heterocycles. The second-order valence-corrected chi connectivity index (χ2v) is 13.8. The van der Waals surface area contributed by atoms with E-state index < -0.39 is 15.7 Å². The van der Waals surface area contributed by atoms with Crippen LogP contribution in [0.3, 0.4) is 0 Å². The molecule has 1 spiro atoms. The third kappa shape index (κ3) is 5.61. The highest BCUT2D eigenvalue weighted by Gasteiger charge is 2.54. The van der Waals surface area contributed by atoms with Crippen LogP contribution in [0.5, 0.6) is 5.88 Å². The normalized spacial score (nSPS) is 22.5. The Labute approximate surface area is 230 Å². The summed E-state index contributed by atoms with van der Waals surface area (Å²) >= 11 is 0. The van der Waals surface area contributed by atoms with Crippen molar-refractivity contribution in [1.29, 1.82) is 0 Å². The monoisotopic (exact) mass is 545 g/mol. The molecule has 0 radical (unpaired) electrons. The molecule has 0 unspecified atom stereocenters. The molecule has 2 fully saturated rings. The first-order chi connectivity index (χ1) is 18.2. The summed E-state index contributed by atoms with van der Waals surface area (Å²) in [5.74, 6) is -0.634. The highest BCUT2D eigenvalue weighted by atomic mass is 32.2. The maximum absolute atomic E-state index is 13.2. The molecule has 1 aromatic carbocycles. The molecule has 39 heavy (non-hydrogen) atoms. The van der Waals surface area contributed by atoms with E-state index in [1.807, 2.05) is 29.7 Å². The van der Waals surface area contributed by atoms with Gasteiger partial charge in [0.1, 0.15) is 35.2 Å². The number of hydrogen-bond acceptors (Lipinski definition) is 7. The molecule has 14 heteroatoms. The van der Waals surface area contributed by atoms with Gasteiger partial charge in [-0.05, 0) is 72.2 Å². The first-order valence-electron chi connectivity index (χ1n) is 12.9. The van der Waals surface area contributed by atoms with Crippen LogP contribution in [0.15, 0.2) is 53.8 Å². The van der Waals surface area contributed by atoms with Crippen molar-refractivity contribution in [3.8, 4) is 17.0 Å². The molecule has 2 saturated carbocycles. The largest absolute Gasteiger partial charge is 0.474 e. The van der Waals surface area contributed by atoms with Crippen molar-refractivity contribution in [3.63, 3.8) is 0 Å². The van der Waals surface area contributed by atoms with Crippen LogP contribution in [-0.2, 0) is 15.1 Å². The van der Waals surface area contributed by atoms with Gasteiger partial charge in [-0.1, -0.05) is 0 Å². The zero-order valence-electron chi connectivity index (χ0n) is 22.5. The van der Waals surface area contributed by atoms with E-state index in [4.69, 9.17) is 10.5 Å². The number of amides is 2. The topological polar surface area (TPSA) is 146 Å². The highest BCUT2D eigenvalue weighted by Crippen LogP contribution is 2.56. The van der Waals surface area contributed by atoms with E-state index in [0.717, 1.165) is 37.5 Å². The molecule has 0 saturated heterocycles. The smallest absolute Gasteiger partial charge is 0.254 e. The lowest BCUT2D eigenvalue weighted by atomic mass is 9.49. The quantitative estimate of drug-likeness (QED) is 0.347. The van der Waals surface area contributed by atoms with Crippen molar-refractivity contribution in [1.82, 2.24) is 20.1 Å². The third-order valence-corrected chi connectivity index (χ3v) is 8.62. The number of hydrogen-bond donors (Lipinski definition) is 2. The summed E-state index contributed by atoms with van der Waals surface area (Å²) in [5, 5.41) is 7.23. The predicted molar refractivity (Wildman–Crippen MR) is 154 cm³/mol. The molecular weight excluding hydrogens is 515 g/mol. The standard InChI is InChI=1S/C25H30B3N5O5S/c1-39(36,37)19-6-14(16-12-31-33(13-16)25(26,27)28)5-15(7-19)22(35)32-17-8-24(9-17)10-18(11-24)38-23-20(21(29)34)3-2-4-30-23/h2-7,12-13,17-18H,8-11,26-28H2,1H3,(H2,29,34)(H,32,35)/t17-,18-,24?. The zero-order valence-corrected chi connectivity index (χ0v) is 23.3. The minimum atomic E-state index is -3.54. The number of primary amides is 1. The van der Waals surface area contributed by atoms with Gasteiger partial charge < -0.3 is 15.8 Å². The Kier molecular flexibility index (Phi) is 6.65. The molecule has 2 aliphatic carbocycles. The van der Waals surface area contributed by atoms with Crippen molar-refractivity contribution in [2.45, 2.75) is 48.0 Å². The summed E-state index contributed by atoms with van der Waals surface area (Å²) in [6.45, 7) is 0. The van der Waals surface area contributed by atoms with Gasteiger partial charge in [0.25, 0.3) is 11.8 Å². The molecule has 10 nitrogen and oxygen atoms in total. The Bertz CT molecular complexity index is 1560. The number of aromatic nitrogens is 3. The first kappa shape index (κ1) is 27.0. The first-order valence-corrected chi connectivity index (χ1v) is 14.7. The zero-order chi connectivity index (χ0) is 28.2. The summed E-state index contributed by atoms with van der Waals surface area (Å²) < 4.78 is 32.5. The molecule has 2 aliphatic rings. The van der Waals surface area contributed by atoms with Crippen LogP contribution >= 0.6 is 0 Å². The van der Waals surface area contributed by atoms with Gasteiger partial charge in [0, 0.05) is 35.8 Å². The minimum Gasteiger partial charge on any atom is -0.474 e. The summed E-state index contributed by atoms with van der Waals surface area (Å²) in [4.78, 5) is 29.0. The molecule has 0 atom stereocenters. The van der Waals surface area contributed by atoms with Gasteiger partial charge in [0.05, 0.1) is 11.1 Å². The van der Waals surface area contributed by atoms with Gasteiger partial charge >= 0.3 is 0 Å². The van der Waals surface area contributed by atoms with Gasteiger partial charge in [0.2, 0.25) is 5.88 Å². The van der Waals surface area contributed by atoms with E-state index in [2.05, 4.69) is 15.4 Å². The molecule has 0 aliphatic heterocycles. The average Bonchev–Trinajstić information content (AvgIpc) is 3.32. The number of nitrogens with one attached hydrogen (secondary N) is 1. The van der Waals surface area contributed by atoms with Gasteiger partial charge in [-0.25, -0.2) is 13.4 Å². The third-order valence-electron chi connectivity index (χ3n) is 7.53. The Hall–Kier alpha value is -3.54. The molecule has 3 aromatic rings. The van der Waals surface area contributed by atoms with Crippen LogP contribution < -0.4 is 15.8 Å². The lowest BCUT2D eigenvalue weighted by Gasteiger charge is -2.57. The van der Waals surface area contributed by atoms with E-state index in [1.54, 1.807) is 41.3 Å². The van der Waals surface area contributed by atoms with Gasteiger partial charge in [-0.3, -0.25) is 14.3 Å². The van der Waals surface area contributed by atoms with E-state index in [0.29, 0.717) is 11.1 Å². The van der Waals surface area contributed by atoms with Crippen LogP contribution in [0.2, 0.25) is 0 Å². The molecule has 0 bridgehead atoms. The fraction of sp³-hybridized carbons (Fsp3) is 0.360. The van der Waals surface area contributed by atoms with Crippen molar-refractivity contribution in [2.24, 2.45) is 11.1 Å². The molecule has 200 valence electrons. The van der Waals surface area contributed by atoms with Gasteiger partial charge in [-0.15, -0.1) is 0 Å². The summed E-state index contributed by atoms with van der Waals surface area (Å²) in [6, 6.07) is 7.93. The minimum absolute atomic E-state index is 0.0107. The van der Waals surface area contributed by atoms with Crippen LogP contribution in [0.25, 0.3) is 11.1 Å². The van der Waals surface area contributed by atoms with Gasteiger partial charge in [0.15, 0.2) is 9.84 Å².